The van der Waals surface area contributed by atoms with Crippen molar-refractivity contribution in [3.05, 3.63) is 29.8 Å². The van der Waals surface area contributed by atoms with Crippen molar-refractivity contribution in [3.63, 3.8) is 0 Å². The Morgan fingerprint density at radius 2 is 2.00 bits per heavy atom. The van der Waals surface area contributed by atoms with Gasteiger partial charge in [0.2, 0.25) is 0 Å². The quantitative estimate of drug-likeness (QED) is 0.835. The van der Waals surface area contributed by atoms with E-state index in [0.29, 0.717) is 0 Å². The molecule has 0 aliphatic carbocycles. The van der Waals surface area contributed by atoms with E-state index in [1.807, 2.05) is 0 Å². The normalized spacial score (nSPS) is 10.4. The summed E-state index contributed by atoms with van der Waals surface area (Å²) in [5, 5.41) is 8.62. The summed E-state index contributed by atoms with van der Waals surface area (Å²) in [5.41, 5.74) is -0.0139. The molecule has 0 fully saturated rings. The third-order valence-corrected chi connectivity index (χ3v) is 2.60. The van der Waals surface area contributed by atoms with Crippen LogP contribution >= 0.6 is 0 Å². The molecule has 20 heavy (non-hydrogen) atoms. The van der Waals surface area contributed by atoms with Gasteiger partial charge in [-0.15, -0.1) is 0 Å². The highest BCUT2D eigenvalue weighted by Gasteiger charge is 2.20. The largest absolute Gasteiger partial charge is 0.481 e. The molecule has 5 nitrogen and oxygen atoms in total. The molecule has 0 radical (unpaired) electrons. The second kappa shape index (κ2) is 7.42. The van der Waals surface area contributed by atoms with Gasteiger partial charge in [-0.1, -0.05) is 12.1 Å². The smallest absolute Gasteiger partial charge is 0.387 e. The first kappa shape index (κ1) is 15.9. The maximum Gasteiger partial charge on any atom is 0.387 e. The summed E-state index contributed by atoms with van der Waals surface area (Å²) in [6.07, 6.45) is -0.211. The minimum absolute atomic E-state index is 0.00762. The first-order chi connectivity index (χ1) is 9.45. The molecule has 1 aromatic rings. The number of amides is 1. The molecule has 0 heterocycles. The minimum atomic E-state index is -3.03. The molecular formula is C13H15F2NO4. The van der Waals surface area contributed by atoms with Crippen LogP contribution in [0, 0.1) is 0 Å². The molecule has 1 aromatic carbocycles. The number of carboxylic acid groups (broad SMARTS) is 1. The molecule has 0 aromatic heterocycles. The van der Waals surface area contributed by atoms with Gasteiger partial charge in [0.25, 0.3) is 5.91 Å². The number of alkyl halides is 2. The number of carboxylic acids is 1. The van der Waals surface area contributed by atoms with Crippen molar-refractivity contribution < 1.29 is 28.2 Å². The van der Waals surface area contributed by atoms with Crippen LogP contribution in [-0.4, -0.2) is 41.6 Å². The highest BCUT2D eigenvalue weighted by Crippen LogP contribution is 2.22. The van der Waals surface area contributed by atoms with Gasteiger partial charge in [0.05, 0.1) is 12.0 Å². The van der Waals surface area contributed by atoms with Gasteiger partial charge in [0.15, 0.2) is 0 Å². The first-order valence-corrected chi connectivity index (χ1v) is 6.00. The summed E-state index contributed by atoms with van der Waals surface area (Å²) < 4.78 is 28.8. The van der Waals surface area contributed by atoms with Crippen LogP contribution in [0.25, 0.3) is 0 Å². The average molecular weight is 287 g/mol. The van der Waals surface area contributed by atoms with Crippen LogP contribution in [0.1, 0.15) is 23.7 Å². The van der Waals surface area contributed by atoms with Crippen LogP contribution in [0.5, 0.6) is 5.75 Å². The number of nitrogens with zero attached hydrogens (tertiary/aromatic N) is 1. The van der Waals surface area contributed by atoms with Crippen molar-refractivity contribution in [1.82, 2.24) is 4.90 Å². The fraction of sp³-hybridized carbons (Fsp3) is 0.385. The molecule has 7 heteroatoms. The van der Waals surface area contributed by atoms with Gasteiger partial charge in [-0.3, -0.25) is 9.59 Å². The molecule has 1 amide bonds. The number of rotatable bonds is 7. The Morgan fingerprint density at radius 3 is 2.55 bits per heavy atom. The predicted octanol–water partition coefficient (Wildman–Crippen LogP) is 2.22. The molecule has 1 rings (SSSR count). The molecule has 1 N–H and O–H groups in total. The van der Waals surface area contributed by atoms with Crippen molar-refractivity contribution in [2.45, 2.75) is 20.0 Å². The maximum atomic E-state index is 12.3. The average Bonchev–Trinajstić information content (AvgIpc) is 2.38. The number of ether oxygens (including phenoxy) is 1. The topological polar surface area (TPSA) is 66.8 Å². The lowest BCUT2D eigenvalue weighted by Crippen LogP contribution is -2.33. The minimum Gasteiger partial charge on any atom is -0.481 e. The molecule has 0 bridgehead atoms. The summed E-state index contributed by atoms with van der Waals surface area (Å²) in [6.45, 7) is -1.07. The van der Waals surface area contributed by atoms with Crippen LogP contribution in [-0.2, 0) is 4.79 Å². The van der Waals surface area contributed by atoms with E-state index in [1.54, 1.807) is 6.92 Å². The molecule has 0 aliphatic rings. The van der Waals surface area contributed by atoms with E-state index in [9.17, 15) is 18.4 Å². The van der Waals surface area contributed by atoms with Crippen molar-refractivity contribution in [1.29, 1.82) is 0 Å². The van der Waals surface area contributed by atoms with Crippen molar-refractivity contribution >= 4 is 11.9 Å². The highest BCUT2D eigenvalue weighted by atomic mass is 19.3. The van der Waals surface area contributed by atoms with E-state index in [2.05, 4.69) is 4.74 Å². The number of para-hydroxylation sites is 1. The number of carbonyl (C=O) groups excluding carboxylic acids is 1. The molecule has 0 spiro atoms. The summed E-state index contributed by atoms with van der Waals surface area (Å²) in [7, 11) is 0. The van der Waals surface area contributed by atoms with Crippen molar-refractivity contribution in [2.24, 2.45) is 0 Å². The third kappa shape index (κ3) is 4.49. The Labute approximate surface area is 114 Å². The van der Waals surface area contributed by atoms with E-state index < -0.39 is 18.5 Å². The zero-order valence-corrected chi connectivity index (χ0v) is 10.9. The summed E-state index contributed by atoms with van der Waals surface area (Å²) in [6, 6.07) is 5.63. The lowest BCUT2D eigenvalue weighted by atomic mass is 10.1. The SMILES string of the molecule is CCN(CCC(=O)O)C(=O)c1ccccc1OC(F)F. The fourth-order valence-electron chi connectivity index (χ4n) is 1.65. The summed E-state index contributed by atoms with van der Waals surface area (Å²) >= 11 is 0. The second-order valence-electron chi connectivity index (χ2n) is 3.90. The van der Waals surface area contributed by atoms with Crippen LogP contribution < -0.4 is 4.74 Å². The Morgan fingerprint density at radius 1 is 1.35 bits per heavy atom. The Kier molecular flexibility index (Phi) is 5.89. The lowest BCUT2D eigenvalue weighted by Gasteiger charge is -2.21. The first-order valence-electron chi connectivity index (χ1n) is 6.00. The molecular weight excluding hydrogens is 272 g/mol. The van der Waals surface area contributed by atoms with Gasteiger partial charge >= 0.3 is 12.6 Å². The maximum absolute atomic E-state index is 12.3. The number of halogens is 2. The van der Waals surface area contributed by atoms with Gasteiger partial charge in [-0.05, 0) is 19.1 Å². The van der Waals surface area contributed by atoms with E-state index in [4.69, 9.17) is 5.11 Å². The number of hydrogen-bond donors (Lipinski definition) is 1. The zero-order valence-electron chi connectivity index (χ0n) is 10.9. The van der Waals surface area contributed by atoms with Gasteiger partial charge < -0.3 is 14.7 Å². The molecule has 0 atom stereocenters. The summed E-state index contributed by atoms with van der Waals surface area (Å²) in [5.74, 6) is -1.79. The van der Waals surface area contributed by atoms with Gasteiger partial charge in [0.1, 0.15) is 5.75 Å². The van der Waals surface area contributed by atoms with E-state index in [0.717, 1.165) is 0 Å². The van der Waals surface area contributed by atoms with Crippen LogP contribution in [0.4, 0.5) is 8.78 Å². The zero-order chi connectivity index (χ0) is 15.1. The monoisotopic (exact) mass is 287 g/mol. The molecule has 0 aliphatic heterocycles. The Bertz CT molecular complexity index is 479. The second-order valence-corrected chi connectivity index (χ2v) is 3.90. The number of aliphatic carboxylic acids is 1. The van der Waals surface area contributed by atoms with E-state index >= 15 is 0 Å². The van der Waals surface area contributed by atoms with E-state index in [1.165, 1.54) is 29.2 Å². The number of benzene rings is 1. The molecule has 0 saturated heterocycles. The Hall–Kier alpha value is -2.18. The number of carbonyl (C=O) groups is 2. The standard InChI is InChI=1S/C13H15F2NO4/c1-2-16(8-7-11(17)18)12(19)9-5-3-4-6-10(9)20-13(14)15/h3-6,13H,2,7-8H2,1H3,(H,17,18). The van der Waals surface area contributed by atoms with Crippen LogP contribution in [0.2, 0.25) is 0 Å². The van der Waals surface area contributed by atoms with Gasteiger partial charge in [-0.2, -0.15) is 8.78 Å². The van der Waals surface area contributed by atoms with E-state index in [-0.39, 0.29) is 30.8 Å². The van der Waals surface area contributed by atoms with Gasteiger partial charge in [0, 0.05) is 13.1 Å². The highest BCUT2D eigenvalue weighted by molar-refractivity contribution is 5.97. The van der Waals surface area contributed by atoms with Gasteiger partial charge in [-0.25, -0.2) is 0 Å². The van der Waals surface area contributed by atoms with Crippen molar-refractivity contribution in [2.75, 3.05) is 13.1 Å². The van der Waals surface area contributed by atoms with Crippen molar-refractivity contribution in [3.8, 4) is 5.75 Å². The lowest BCUT2D eigenvalue weighted by molar-refractivity contribution is -0.137. The summed E-state index contributed by atoms with van der Waals surface area (Å²) in [4.78, 5) is 24.0. The third-order valence-electron chi connectivity index (χ3n) is 2.60. The van der Waals surface area contributed by atoms with Crippen LogP contribution in [0.3, 0.4) is 0 Å². The molecule has 110 valence electrons. The molecule has 0 saturated carbocycles. The fourth-order valence-corrected chi connectivity index (χ4v) is 1.65. The number of hydrogen-bond acceptors (Lipinski definition) is 3. The predicted molar refractivity (Wildman–Crippen MR) is 66.9 cm³/mol. The molecule has 0 unspecified atom stereocenters. The Balaban J connectivity index is 2.91. The van der Waals surface area contributed by atoms with Crippen LogP contribution in [0.15, 0.2) is 24.3 Å².